The van der Waals surface area contributed by atoms with Gasteiger partial charge in [0.25, 0.3) is 6.43 Å². The lowest BCUT2D eigenvalue weighted by Gasteiger charge is -2.19. The van der Waals surface area contributed by atoms with E-state index in [1.807, 2.05) is 6.92 Å². The summed E-state index contributed by atoms with van der Waals surface area (Å²) in [6.45, 7) is 4.79. The van der Waals surface area contributed by atoms with E-state index < -0.39 is 6.43 Å². The van der Waals surface area contributed by atoms with Crippen LogP contribution in [0, 0.1) is 5.92 Å². The molecule has 0 aromatic carbocycles. The second-order valence-corrected chi connectivity index (χ2v) is 4.27. The first-order valence-electron chi connectivity index (χ1n) is 5.50. The summed E-state index contributed by atoms with van der Waals surface area (Å²) in [5.74, 6) is 0.588. The molecule has 0 radical (unpaired) electrons. The van der Waals surface area contributed by atoms with Crippen molar-refractivity contribution in [3.05, 3.63) is 17.0 Å². The van der Waals surface area contributed by atoms with Crippen molar-refractivity contribution in [3.8, 4) is 0 Å². The molecule has 0 amide bonds. The maximum Gasteiger partial charge on any atom is 0.282 e. The first-order valence-corrected chi connectivity index (χ1v) is 5.50. The van der Waals surface area contributed by atoms with Crippen LogP contribution >= 0.6 is 0 Å². The van der Waals surface area contributed by atoms with Crippen molar-refractivity contribution in [2.24, 2.45) is 5.92 Å². The minimum Gasteiger partial charge on any atom is -0.269 e. The Hall–Kier alpha value is -0.930. The van der Waals surface area contributed by atoms with E-state index in [1.54, 1.807) is 4.68 Å². The summed E-state index contributed by atoms with van der Waals surface area (Å²) in [5.41, 5.74) is 1.86. The van der Waals surface area contributed by atoms with Crippen LogP contribution in [0.4, 0.5) is 8.78 Å². The van der Waals surface area contributed by atoms with Gasteiger partial charge in [-0.25, -0.2) is 8.78 Å². The summed E-state index contributed by atoms with van der Waals surface area (Å²) >= 11 is 0. The van der Waals surface area contributed by atoms with Gasteiger partial charge in [-0.3, -0.25) is 4.68 Å². The third kappa shape index (κ3) is 1.77. The molecular weight excluding hydrogens is 198 g/mol. The van der Waals surface area contributed by atoms with E-state index in [4.69, 9.17) is 0 Å². The van der Waals surface area contributed by atoms with E-state index in [9.17, 15) is 8.78 Å². The zero-order valence-corrected chi connectivity index (χ0v) is 9.13. The van der Waals surface area contributed by atoms with Crippen LogP contribution in [-0.4, -0.2) is 9.78 Å². The van der Waals surface area contributed by atoms with Crippen molar-refractivity contribution >= 4 is 0 Å². The van der Waals surface area contributed by atoms with E-state index in [-0.39, 0.29) is 5.69 Å². The SMILES string of the molecule is CCn1nc(C(F)F)c2c1CC(C)CC2. The topological polar surface area (TPSA) is 17.8 Å². The van der Waals surface area contributed by atoms with Crippen molar-refractivity contribution in [1.82, 2.24) is 9.78 Å². The summed E-state index contributed by atoms with van der Waals surface area (Å²) in [4.78, 5) is 0. The quantitative estimate of drug-likeness (QED) is 0.740. The fourth-order valence-corrected chi connectivity index (χ4v) is 2.32. The lowest BCUT2D eigenvalue weighted by Crippen LogP contribution is -2.14. The van der Waals surface area contributed by atoms with Crippen LogP contribution in [0.15, 0.2) is 0 Å². The molecule has 2 rings (SSSR count). The maximum absolute atomic E-state index is 12.7. The molecule has 0 spiro atoms. The zero-order chi connectivity index (χ0) is 11.0. The van der Waals surface area contributed by atoms with Gasteiger partial charge < -0.3 is 0 Å². The number of nitrogens with zero attached hydrogens (tertiary/aromatic N) is 2. The largest absolute Gasteiger partial charge is 0.282 e. The van der Waals surface area contributed by atoms with Gasteiger partial charge in [-0.1, -0.05) is 6.92 Å². The smallest absolute Gasteiger partial charge is 0.269 e. The minimum absolute atomic E-state index is 0.0127. The van der Waals surface area contributed by atoms with Crippen LogP contribution in [0.25, 0.3) is 0 Å². The third-order valence-corrected chi connectivity index (χ3v) is 3.13. The Bertz CT molecular complexity index is 358. The lowest BCUT2D eigenvalue weighted by atomic mass is 9.88. The molecule has 2 nitrogen and oxygen atoms in total. The number of fused-ring (bicyclic) bond motifs is 1. The van der Waals surface area contributed by atoms with E-state index in [2.05, 4.69) is 12.0 Å². The van der Waals surface area contributed by atoms with Crippen molar-refractivity contribution in [3.63, 3.8) is 0 Å². The highest BCUT2D eigenvalue weighted by molar-refractivity contribution is 5.30. The molecule has 0 fully saturated rings. The standard InChI is InChI=1S/C11H16F2N2/c1-3-15-9-6-7(2)4-5-8(9)10(14-15)11(12)13/h7,11H,3-6H2,1-2H3. The van der Waals surface area contributed by atoms with E-state index in [0.717, 1.165) is 30.5 Å². The molecule has 0 bridgehead atoms. The number of rotatable bonds is 2. The van der Waals surface area contributed by atoms with Gasteiger partial charge >= 0.3 is 0 Å². The van der Waals surface area contributed by atoms with Crippen molar-refractivity contribution in [1.29, 1.82) is 0 Å². The lowest BCUT2D eigenvalue weighted by molar-refractivity contribution is 0.143. The van der Waals surface area contributed by atoms with Gasteiger partial charge in [0.05, 0.1) is 0 Å². The van der Waals surface area contributed by atoms with E-state index in [0.29, 0.717) is 12.5 Å². The van der Waals surface area contributed by atoms with Gasteiger partial charge in [-0.05, 0) is 32.1 Å². The molecule has 0 aliphatic heterocycles. The molecule has 1 aliphatic rings. The van der Waals surface area contributed by atoms with E-state index in [1.165, 1.54) is 0 Å². The summed E-state index contributed by atoms with van der Waals surface area (Å²) in [7, 11) is 0. The Morgan fingerprint density at radius 1 is 1.53 bits per heavy atom. The summed E-state index contributed by atoms with van der Waals surface area (Å²) < 4.78 is 27.2. The van der Waals surface area contributed by atoms with E-state index >= 15 is 0 Å². The summed E-state index contributed by atoms with van der Waals surface area (Å²) in [5, 5.41) is 4.01. The summed E-state index contributed by atoms with van der Waals surface area (Å²) in [6.07, 6.45) is 0.223. The maximum atomic E-state index is 12.7. The van der Waals surface area contributed by atoms with Crippen LogP contribution in [-0.2, 0) is 19.4 Å². The Labute approximate surface area is 88.3 Å². The first kappa shape index (κ1) is 10.6. The molecule has 0 saturated heterocycles. The normalized spacial score (nSPS) is 20.7. The third-order valence-electron chi connectivity index (χ3n) is 3.13. The number of aromatic nitrogens is 2. The van der Waals surface area contributed by atoms with Gasteiger partial charge in [0.2, 0.25) is 0 Å². The molecule has 1 atom stereocenters. The van der Waals surface area contributed by atoms with Crippen LogP contribution < -0.4 is 0 Å². The molecule has 84 valence electrons. The fourth-order valence-electron chi connectivity index (χ4n) is 2.32. The molecule has 1 aromatic rings. The van der Waals surface area contributed by atoms with Gasteiger partial charge in [-0.15, -0.1) is 0 Å². The average Bonchev–Trinajstić information content (AvgIpc) is 2.55. The molecule has 1 heterocycles. The number of aryl methyl sites for hydroxylation is 1. The minimum atomic E-state index is -2.43. The molecule has 0 N–H and O–H groups in total. The number of alkyl halides is 2. The first-order chi connectivity index (χ1) is 7.13. The summed E-state index contributed by atoms with van der Waals surface area (Å²) in [6, 6.07) is 0. The van der Waals surface area contributed by atoms with Crippen molar-refractivity contribution < 1.29 is 8.78 Å². The highest BCUT2D eigenvalue weighted by Crippen LogP contribution is 2.32. The highest BCUT2D eigenvalue weighted by Gasteiger charge is 2.27. The Kier molecular flexibility index (Phi) is 2.76. The Morgan fingerprint density at radius 3 is 2.87 bits per heavy atom. The highest BCUT2D eigenvalue weighted by atomic mass is 19.3. The van der Waals surface area contributed by atoms with Gasteiger partial charge in [0.15, 0.2) is 0 Å². The molecule has 4 heteroatoms. The predicted molar refractivity (Wildman–Crippen MR) is 54.0 cm³/mol. The molecule has 1 aliphatic carbocycles. The fraction of sp³-hybridized carbons (Fsp3) is 0.727. The Balaban J connectivity index is 2.45. The number of halogens is 2. The van der Waals surface area contributed by atoms with Crippen molar-refractivity contribution in [2.45, 2.75) is 46.1 Å². The van der Waals surface area contributed by atoms with Crippen LogP contribution in [0.2, 0.25) is 0 Å². The molecular formula is C11H16F2N2. The van der Waals surface area contributed by atoms with Crippen molar-refractivity contribution in [2.75, 3.05) is 0 Å². The molecule has 15 heavy (non-hydrogen) atoms. The second-order valence-electron chi connectivity index (χ2n) is 4.27. The van der Waals surface area contributed by atoms with Crippen LogP contribution in [0.5, 0.6) is 0 Å². The molecule has 0 saturated carbocycles. The predicted octanol–water partition coefficient (Wildman–Crippen LogP) is 2.97. The average molecular weight is 214 g/mol. The van der Waals surface area contributed by atoms with Gasteiger partial charge in [-0.2, -0.15) is 5.10 Å². The van der Waals surface area contributed by atoms with Gasteiger partial charge in [0, 0.05) is 17.8 Å². The monoisotopic (exact) mass is 214 g/mol. The molecule has 1 unspecified atom stereocenters. The zero-order valence-electron chi connectivity index (χ0n) is 9.13. The van der Waals surface area contributed by atoms with Gasteiger partial charge in [0.1, 0.15) is 5.69 Å². The van der Waals surface area contributed by atoms with Crippen LogP contribution in [0.1, 0.15) is 43.6 Å². The number of hydrogen-bond donors (Lipinski definition) is 0. The number of hydrogen-bond acceptors (Lipinski definition) is 1. The Morgan fingerprint density at radius 2 is 2.27 bits per heavy atom. The second kappa shape index (κ2) is 3.91. The molecule has 1 aromatic heterocycles. The van der Waals surface area contributed by atoms with Crippen LogP contribution in [0.3, 0.4) is 0 Å².